The van der Waals surface area contributed by atoms with Gasteiger partial charge >= 0.3 is 11.9 Å². The molecule has 1 saturated carbocycles. The average molecular weight is 563 g/mol. The summed E-state index contributed by atoms with van der Waals surface area (Å²) in [4.78, 5) is 31.4. The number of carbonyl (C=O) groups excluding carboxylic acids is 1. The van der Waals surface area contributed by atoms with Crippen LogP contribution in [0, 0.1) is 17.7 Å². The monoisotopic (exact) mass is 562 g/mol. The molecule has 1 fully saturated rings. The molecule has 0 spiro atoms. The van der Waals surface area contributed by atoms with Crippen LogP contribution in [0.3, 0.4) is 0 Å². The molecule has 1 aliphatic carbocycles. The summed E-state index contributed by atoms with van der Waals surface area (Å²) in [6.07, 6.45) is 3.10. The Morgan fingerprint density at radius 3 is 2.37 bits per heavy atom. The average Bonchev–Trinajstić information content (AvgIpc) is 3.77. The third-order valence-corrected chi connectivity index (χ3v) is 7.86. The Labute approximate surface area is 241 Å². The maximum absolute atomic E-state index is 14.8. The van der Waals surface area contributed by atoms with E-state index >= 15 is 0 Å². The molecule has 1 aliphatic rings. The summed E-state index contributed by atoms with van der Waals surface area (Å²) < 4.78 is 26.0. The minimum Gasteiger partial charge on any atom is -0.481 e. The fourth-order valence-corrected chi connectivity index (χ4v) is 5.49. The number of aliphatic carboxylic acids is 1. The van der Waals surface area contributed by atoms with Crippen molar-refractivity contribution in [2.75, 3.05) is 7.11 Å². The minimum atomic E-state index is -0.845. The fraction of sp³-hybridized carbons (Fsp3) is 0.424. The van der Waals surface area contributed by atoms with Gasteiger partial charge in [-0.25, -0.2) is 14.2 Å². The molecule has 3 aromatic rings. The summed E-state index contributed by atoms with van der Waals surface area (Å²) in [6, 6.07) is 14.3. The number of pyridine rings is 1. The quantitative estimate of drug-likeness (QED) is 0.189. The number of hydrogen-bond acceptors (Lipinski definition) is 6. The number of hydrogen-bond donors (Lipinski definition) is 1. The standard InChI is InChI=1S/C33H39FN2O5/c1-19(2)36(20(3)4)18-26-14-23(27-16-30(40-6)35-17-28(27)34)12-13-29(26)41-33(39)25-9-7-8-24(15-25)31(22-10-11-22)21(5)32(37)38/h7-9,12-17,19-22,31H,10-11,18H2,1-6H3,(H,37,38)/t21-,31-/m0/s1. The number of rotatable bonds is 12. The van der Waals surface area contributed by atoms with E-state index in [-0.39, 0.29) is 18.0 Å². The predicted octanol–water partition coefficient (Wildman–Crippen LogP) is 6.95. The van der Waals surface area contributed by atoms with Gasteiger partial charge in [0.15, 0.2) is 0 Å². The lowest BCUT2D eigenvalue weighted by molar-refractivity contribution is -0.142. The van der Waals surface area contributed by atoms with Crippen molar-refractivity contribution in [3.63, 3.8) is 0 Å². The van der Waals surface area contributed by atoms with Gasteiger partial charge in [0.05, 0.1) is 24.8 Å². The van der Waals surface area contributed by atoms with Crippen molar-refractivity contribution in [2.24, 2.45) is 11.8 Å². The first-order chi connectivity index (χ1) is 19.5. The van der Waals surface area contributed by atoms with Gasteiger partial charge < -0.3 is 14.6 Å². The summed E-state index contributed by atoms with van der Waals surface area (Å²) in [5.41, 5.74) is 2.88. The molecule has 218 valence electrons. The van der Waals surface area contributed by atoms with E-state index in [1.807, 2.05) is 12.1 Å². The van der Waals surface area contributed by atoms with E-state index in [1.54, 1.807) is 43.3 Å². The molecule has 2 atom stereocenters. The van der Waals surface area contributed by atoms with Crippen molar-refractivity contribution in [3.8, 4) is 22.8 Å². The van der Waals surface area contributed by atoms with E-state index in [1.165, 1.54) is 7.11 Å². The molecule has 0 aliphatic heterocycles. The maximum atomic E-state index is 14.8. The zero-order chi connectivity index (χ0) is 29.8. The lowest BCUT2D eigenvalue weighted by Gasteiger charge is -2.31. The first kappa shape index (κ1) is 30.2. The molecule has 0 bridgehead atoms. The second-order valence-corrected chi connectivity index (χ2v) is 11.4. The second-order valence-electron chi connectivity index (χ2n) is 11.4. The number of benzene rings is 2. The highest BCUT2D eigenvalue weighted by Crippen LogP contribution is 2.47. The zero-order valence-electron chi connectivity index (χ0n) is 24.6. The number of carbonyl (C=O) groups is 2. The van der Waals surface area contributed by atoms with Crippen molar-refractivity contribution in [1.82, 2.24) is 9.88 Å². The third kappa shape index (κ3) is 7.11. The molecule has 0 unspecified atom stereocenters. The Morgan fingerprint density at radius 1 is 1.05 bits per heavy atom. The molecule has 1 heterocycles. The topological polar surface area (TPSA) is 89.0 Å². The highest BCUT2D eigenvalue weighted by atomic mass is 19.1. The van der Waals surface area contributed by atoms with Gasteiger partial charge in [-0.3, -0.25) is 9.69 Å². The van der Waals surface area contributed by atoms with E-state index < -0.39 is 23.7 Å². The van der Waals surface area contributed by atoms with Crippen LogP contribution >= 0.6 is 0 Å². The van der Waals surface area contributed by atoms with E-state index in [4.69, 9.17) is 9.47 Å². The number of nitrogens with zero attached hydrogens (tertiary/aromatic N) is 2. The molecule has 4 rings (SSSR count). The number of halogens is 1. The van der Waals surface area contributed by atoms with Gasteiger partial charge in [-0.15, -0.1) is 0 Å². The van der Waals surface area contributed by atoms with Gasteiger partial charge in [0.2, 0.25) is 5.88 Å². The number of ether oxygens (including phenoxy) is 2. The Kier molecular flexibility index (Phi) is 9.43. The number of carboxylic acid groups (broad SMARTS) is 1. The molecular weight excluding hydrogens is 523 g/mol. The Hall–Kier alpha value is -3.78. The summed E-state index contributed by atoms with van der Waals surface area (Å²) in [5, 5.41) is 9.67. The minimum absolute atomic E-state index is 0.159. The summed E-state index contributed by atoms with van der Waals surface area (Å²) >= 11 is 0. The zero-order valence-corrected chi connectivity index (χ0v) is 24.6. The lowest BCUT2D eigenvalue weighted by atomic mass is 9.83. The number of aromatic nitrogens is 1. The Bertz CT molecular complexity index is 1390. The molecule has 2 aromatic carbocycles. The molecule has 41 heavy (non-hydrogen) atoms. The molecule has 7 nitrogen and oxygen atoms in total. The normalized spacial score (nSPS) is 14.8. The van der Waals surface area contributed by atoms with E-state index in [0.29, 0.717) is 40.8 Å². The van der Waals surface area contributed by atoms with E-state index in [0.717, 1.165) is 30.2 Å². The van der Waals surface area contributed by atoms with Gasteiger partial charge in [-0.1, -0.05) is 25.1 Å². The van der Waals surface area contributed by atoms with Crippen LogP contribution in [0.2, 0.25) is 0 Å². The summed E-state index contributed by atoms with van der Waals surface area (Å²) in [7, 11) is 1.48. The largest absolute Gasteiger partial charge is 0.481 e. The van der Waals surface area contributed by atoms with Gasteiger partial charge in [0, 0.05) is 35.8 Å². The third-order valence-electron chi connectivity index (χ3n) is 7.86. The maximum Gasteiger partial charge on any atom is 0.343 e. The van der Waals surface area contributed by atoms with Crippen LogP contribution in [-0.4, -0.2) is 46.1 Å². The van der Waals surface area contributed by atoms with Gasteiger partial charge in [-0.2, -0.15) is 0 Å². The van der Waals surface area contributed by atoms with Crippen LogP contribution in [-0.2, 0) is 11.3 Å². The molecular formula is C33H39FN2O5. The second kappa shape index (κ2) is 12.8. The van der Waals surface area contributed by atoms with Gasteiger partial charge in [0.1, 0.15) is 11.6 Å². The van der Waals surface area contributed by atoms with Crippen molar-refractivity contribution in [2.45, 2.75) is 72.0 Å². The molecule has 1 aromatic heterocycles. The van der Waals surface area contributed by atoms with Crippen LogP contribution < -0.4 is 9.47 Å². The van der Waals surface area contributed by atoms with Crippen LogP contribution in [0.1, 0.15) is 74.9 Å². The van der Waals surface area contributed by atoms with Gasteiger partial charge in [-0.05, 0) is 87.8 Å². The molecule has 0 amide bonds. The first-order valence-corrected chi connectivity index (χ1v) is 14.1. The van der Waals surface area contributed by atoms with Crippen molar-refractivity contribution in [1.29, 1.82) is 0 Å². The molecule has 1 N–H and O–H groups in total. The van der Waals surface area contributed by atoms with Crippen LogP contribution in [0.5, 0.6) is 11.6 Å². The van der Waals surface area contributed by atoms with Crippen molar-refractivity contribution in [3.05, 3.63) is 77.2 Å². The molecule has 0 radical (unpaired) electrons. The Balaban J connectivity index is 1.69. The lowest BCUT2D eigenvalue weighted by Crippen LogP contribution is -2.36. The fourth-order valence-electron chi connectivity index (χ4n) is 5.49. The van der Waals surface area contributed by atoms with Crippen molar-refractivity contribution >= 4 is 11.9 Å². The Morgan fingerprint density at radius 2 is 1.76 bits per heavy atom. The highest BCUT2D eigenvalue weighted by molar-refractivity contribution is 5.91. The number of carboxylic acids is 1. The van der Waals surface area contributed by atoms with Crippen LogP contribution in [0.25, 0.3) is 11.1 Å². The number of methoxy groups -OCH3 is 1. The molecule has 0 saturated heterocycles. The van der Waals surface area contributed by atoms with E-state index in [2.05, 4.69) is 37.6 Å². The number of esters is 1. The van der Waals surface area contributed by atoms with Crippen molar-refractivity contribution < 1.29 is 28.6 Å². The van der Waals surface area contributed by atoms with E-state index in [9.17, 15) is 19.1 Å². The van der Waals surface area contributed by atoms with Crippen LogP contribution in [0.4, 0.5) is 4.39 Å². The summed E-state index contributed by atoms with van der Waals surface area (Å²) in [6.45, 7) is 10.6. The molecule has 8 heteroatoms. The first-order valence-electron chi connectivity index (χ1n) is 14.1. The predicted molar refractivity (Wildman–Crippen MR) is 156 cm³/mol. The smallest absolute Gasteiger partial charge is 0.343 e. The summed E-state index contributed by atoms with van der Waals surface area (Å²) in [5.74, 6) is -1.59. The SMILES string of the molecule is COc1cc(-c2ccc(OC(=O)c3cccc([C@H](C4CC4)[C@H](C)C(=O)O)c3)c(CN(C(C)C)C(C)C)c2)c(F)cn1. The van der Waals surface area contributed by atoms with Crippen LogP contribution in [0.15, 0.2) is 54.7 Å². The highest BCUT2D eigenvalue weighted by Gasteiger charge is 2.38. The van der Waals surface area contributed by atoms with Gasteiger partial charge in [0.25, 0.3) is 0 Å².